The Balaban J connectivity index is 0.553. The molecule has 3 unspecified atom stereocenters. The highest BCUT2D eigenvalue weighted by Crippen LogP contribution is 2.45. The van der Waals surface area contributed by atoms with E-state index >= 15 is 0 Å². The average Bonchev–Trinajstić information content (AvgIpc) is 1.63. The Kier molecular flexibility index (Phi) is 33.0. The van der Waals surface area contributed by atoms with E-state index in [4.69, 9.17) is 65.2 Å². The fourth-order valence-corrected chi connectivity index (χ4v) is 12.9. The Morgan fingerprint density at radius 3 is 1.91 bits per heavy atom. The standard InChI is InChI=1S/C81H106BN7O16/c1-7-58-47-70-72(84-52-67-45-64(59-17-18-59)54-89(67)81(70)95)48-61(58)12-8-9-27-105-77-50-73-69(49-76(77)96-6)57(5)88-53-63(44-66(88)51-85-73)60-19-21-65(22-20-60)87-80(94)71(82)14-11-15-75(92)79(55(2)3)86-56(4)25-28-97-30-32-99-34-36-101-38-40-103-42-43-104-41-39-102-37-35-100-33-31-98-29-26-83-78(93)16-10-13-62-46-68(90)23-24-74(62)91/h13,19-24,47-55,59,66-67,71,79,86H,4-5,7-12,14-18,25-46H2,1-3,6H3,(H,83,93)(H,87,94)/b62-13-/t66?,67-,71?,79?/m0/s1. The third kappa shape index (κ3) is 25.5. The second-order valence-electron chi connectivity index (χ2n) is 27.2. The number of nitrogens with zero attached hydrogens (tertiary/aromatic N) is 4. The summed E-state index contributed by atoms with van der Waals surface area (Å²) in [5, 5.41) is 9.02. The monoisotopic (exact) mass is 1440 g/mol. The van der Waals surface area contributed by atoms with Gasteiger partial charge in [0.25, 0.3) is 5.91 Å². The molecule has 9 rings (SSSR count). The molecule has 4 aliphatic heterocycles. The number of fused-ring (bicyclic) bond motifs is 4. The van der Waals surface area contributed by atoms with Gasteiger partial charge in [-0.2, -0.15) is 0 Å². The molecule has 4 atom stereocenters. The second-order valence-corrected chi connectivity index (χ2v) is 27.2. The highest BCUT2D eigenvalue weighted by Gasteiger charge is 2.38. The third-order valence-corrected chi connectivity index (χ3v) is 19.0. The van der Waals surface area contributed by atoms with Crippen molar-refractivity contribution in [1.29, 1.82) is 0 Å². The van der Waals surface area contributed by atoms with E-state index in [0.717, 1.165) is 65.9 Å². The van der Waals surface area contributed by atoms with Crippen LogP contribution in [0.3, 0.4) is 0 Å². The molecule has 24 heteroatoms. The number of anilines is 1. The van der Waals surface area contributed by atoms with Crippen LogP contribution in [0.4, 0.5) is 17.1 Å². The van der Waals surface area contributed by atoms with Gasteiger partial charge in [-0.15, -0.1) is 0 Å². The molecule has 0 saturated heterocycles. The van der Waals surface area contributed by atoms with Crippen LogP contribution in [0, 0.1) is 11.8 Å². The van der Waals surface area contributed by atoms with Crippen LogP contribution in [0.5, 0.6) is 11.5 Å². The number of hydrogen-bond donors (Lipinski definition) is 3. The largest absolute Gasteiger partial charge is 0.493 e. The molecule has 3 amide bonds. The smallest absolute Gasteiger partial charge is 0.260 e. The maximum absolute atomic E-state index is 13.7. The average molecular weight is 1440 g/mol. The molecule has 0 bridgehead atoms. The lowest BCUT2D eigenvalue weighted by Gasteiger charge is -2.24. The number of benzene rings is 3. The summed E-state index contributed by atoms with van der Waals surface area (Å²) in [5.41, 5.74) is 11.5. The maximum Gasteiger partial charge on any atom is 0.260 e. The lowest BCUT2D eigenvalue weighted by Crippen LogP contribution is -2.40. The fourth-order valence-electron chi connectivity index (χ4n) is 12.9. The minimum absolute atomic E-state index is 0.00268. The van der Waals surface area contributed by atoms with Crippen molar-refractivity contribution in [3.05, 3.63) is 137 Å². The first-order valence-corrected chi connectivity index (χ1v) is 37.3. The van der Waals surface area contributed by atoms with Gasteiger partial charge in [0.05, 0.1) is 162 Å². The van der Waals surface area contributed by atoms with Crippen LogP contribution in [-0.2, 0) is 74.7 Å². The van der Waals surface area contributed by atoms with Gasteiger partial charge >= 0.3 is 0 Å². The number of ketones is 3. The number of aryl methyl sites for hydroxylation is 2. The summed E-state index contributed by atoms with van der Waals surface area (Å²) >= 11 is 0. The normalized spacial score (nSPS) is 17.6. The minimum atomic E-state index is -0.798. The van der Waals surface area contributed by atoms with E-state index in [0.29, 0.717) is 191 Å². The van der Waals surface area contributed by atoms with Crippen LogP contribution in [-0.4, -0.2) is 209 Å². The number of ether oxygens (including phenoxy) is 10. The number of aliphatic imine (C=N–C) groups is 2. The zero-order valence-electron chi connectivity index (χ0n) is 61.8. The van der Waals surface area contributed by atoms with Crippen molar-refractivity contribution in [2.24, 2.45) is 21.8 Å². The molecule has 3 aromatic rings. The topological polar surface area (TPSA) is 262 Å². The number of amides is 3. The minimum Gasteiger partial charge on any atom is -0.493 e. The summed E-state index contributed by atoms with van der Waals surface area (Å²) in [5.74, 6) is 0.400. The molecule has 3 aromatic carbocycles. The van der Waals surface area contributed by atoms with Gasteiger partial charge in [0, 0.05) is 104 Å². The predicted octanol–water partition coefficient (Wildman–Crippen LogP) is 10.9. The number of methoxy groups -OCH3 is 1. The number of rotatable bonds is 50. The molecule has 4 heterocycles. The Morgan fingerprint density at radius 1 is 0.676 bits per heavy atom. The molecule has 2 radical (unpaired) electrons. The van der Waals surface area contributed by atoms with Gasteiger partial charge in [0.15, 0.2) is 28.8 Å². The van der Waals surface area contributed by atoms with E-state index in [9.17, 15) is 28.8 Å². The number of unbranched alkanes of at least 4 members (excludes halogenated alkanes) is 1. The summed E-state index contributed by atoms with van der Waals surface area (Å²) in [6, 6.07) is 15.3. The highest BCUT2D eigenvalue weighted by molar-refractivity contribution is 6.26. The van der Waals surface area contributed by atoms with Crippen molar-refractivity contribution < 1.29 is 76.1 Å². The Labute approximate surface area is 620 Å². The van der Waals surface area contributed by atoms with E-state index in [2.05, 4.69) is 65.5 Å². The summed E-state index contributed by atoms with van der Waals surface area (Å²) in [6.07, 6.45) is 22.1. The molecular formula is C81H106BN7O16. The fraction of sp³-hybridized carbons (Fsp3) is 0.531. The second kappa shape index (κ2) is 42.8. The summed E-state index contributed by atoms with van der Waals surface area (Å²) in [4.78, 5) is 89.5. The quantitative estimate of drug-likeness (QED) is 0.0269. The van der Waals surface area contributed by atoms with Gasteiger partial charge < -0.3 is 73.1 Å². The van der Waals surface area contributed by atoms with Crippen molar-refractivity contribution in [3.8, 4) is 11.5 Å². The van der Waals surface area contributed by atoms with E-state index in [1.54, 1.807) is 13.2 Å². The molecule has 105 heavy (non-hydrogen) atoms. The van der Waals surface area contributed by atoms with Gasteiger partial charge in [0.1, 0.15) is 0 Å². The van der Waals surface area contributed by atoms with Crippen molar-refractivity contribution in [2.45, 2.75) is 141 Å². The maximum atomic E-state index is 13.7. The molecule has 564 valence electrons. The highest BCUT2D eigenvalue weighted by atomic mass is 16.6. The van der Waals surface area contributed by atoms with Crippen molar-refractivity contribution in [3.63, 3.8) is 0 Å². The van der Waals surface area contributed by atoms with Crippen molar-refractivity contribution in [2.75, 3.05) is 131 Å². The van der Waals surface area contributed by atoms with Crippen molar-refractivity contribution in [1.82, 2.24) is 20.4 Å². The molecule has 0 spiro atoms. The van der Waals surface area contributed by atoms with E-state index in [-0.39, 0.29) is 72.3 Å². The van der Waals surface area contributed by atoms with Gasteiger partial charge in [-0.25, -0.2) is 0 Å². The molecule has 6 aliphatic rings. The molecule has 1 saturated carbocycles. The van der Waals surface area contributed by atoms with Crippen molar-refractivity contribution >= 4 is 83.7 Å². The van der Waals surface area contributed by atoms with Gasteiger partial charge in [-0.1, -0.05) is 52.1 Å². The summed E-state index contributed by atoms with van der Waals surface area (Å²) in [7, 11) is 8.01. The molecule has 0 aromatic heterocycles. The van der Waals surface area contributed by atoms with Gasteiger partial charge in [-0.05, 0) is 146 Å². The van der Waals surface area contributed by atoms with Gasteiger partial charge in [0.2, 0.25) is 11.8 Å². The third-order valence-electron chi connectivity index (χ3n) is 19.0. The zero-order chi connectivity index (χ0) is 74.3. The zero-order valence-corrected chi connectivity index (χ0v) is 61.8. The van der Waals surface area contributed by atoms with E-state index in [1.165, 1.54) is 41.7 Å². The lowest BCUT2D eigenvalue weighted by molar-refractivity contribution is -0.122. The Morgan fingerprint density at radius 2 is 1.30 bits per heavy atom. The van der Waals surface area contributed by atoms with Crippen LogP contribution >= 0.6 is 0 Å². The first-order chi connectivity index (χ1) is 51.1. The summed E-state index contributed by atoms with van der Waals surface area (Å²) < 4.78 is 56.8. The number of nitrogens with one attached hydrogen (secondary N) is 3. The van der Waals surface area contributed by atoms with Crippen LogP contribution in [0.15, 0.2) is 119 Å². The summed E-state index contributed by atoms with van der Waals surface area (Å²) in [6.45, 7) is 22.3. The predicted molar refractivity (Wildman–Crippen MR) is 406 cm³/mol. The van der Waals surface area contributed by atoms with Crippen LogP contribution in [0.1, 0.15) is 137 Å². The molecule has 2 aliphatic carbocycles. The molecular weight excluding hydrogens is 1340 g/mol. The van der Waals surface area contributed by atoms with E-state index < -0.39 is 11.9 Å². The number of allylic oxidation sites excluding steroid dienone is 4. The number of carbonyl (C=O) groups excluding carboxylic acids is 6. The van der Waals surface area contributed by atoms with E-state index in [1.807, 2.05) is 67.6 Å². The first-order valence-electron chi connectivity index (χ1n) is 37.3. The molecule has 23 nitrogen and oxygen atoms in total. The SMILES string of the molecule is [B]C(CCCC(=O)C(NC(=C)CCOCCOCCOCCOCCOCCOCCOCCOCCNC(=O)CC/C=C1/CC(=O)C=CC1=O)C(C)C)C(=O)Nc1ccc(C2=CN3C(=C)c4cc(OC)c(OCCCCc5cc6c(cc5CC)C(=O)N5C=C(C7CC7)C[C@H]5C=N6)cc4N=CC3C2)cc1. The van der Waals surface area contributed by atoms with Crippen LogP contribution in [0.25, 0.3) is 11.3 Å². The Hall–Kier alpha value is -8.20. The first kappa shape index (κ1) is 80.9. The molecule has 1 fully saturated rings. The Bertz CT molecular complexity index is 3660. The molecule has 3 N–H and O–H groups in total. The van der Waals surface area contributed by atoms with Crippen LogP contribution < -0.4 is 25.4 Å². The van der Waals surface area contributed by atoms with Gasteiger partial charge in [-0.3, -0.25) is 38.8 Å². The number of Topliss-reactive ketones (excluding diaryl/α,β-unsaturated/α-hetero) is 1. The number of hydrogen-bond acceptors (Lipinski definition) is 20. The lowest BCUT2D eigenvalue weighted by atomic mass is 9.81. The van der Waals surface area contributed by atoms with Crippen LogP contribution in [0.2, 0.25) is 5.82 Å². The number of carbonyl (C=O) groups is 6.